The molecule has 6 heteroatoms. The molecular weight excluding hydrogens is 324 g/mol. The number of aromatic nitrogens is 1. The Kier molecular flexibility index (Phi) is 3.79. The molecule has 0 unspecified atom stereocenters. The van der Waals surface area contributed by atoms with Crippen molar-refractivity contribution in [1.82, 2.24) is 4.98 Å². The van der Waals surface area contributed by atoms with Crippen molar-refractivity contribution in [3.8, 4) is 28.5 Å². The lowest BCUT2D eigenvalue weighted by Gasteiger charge is -2.35. The Labute approximate surface area is 145 Å². The van der Waals surface area contributed by atoms with E-state index in [-0.39, 0.29) is 5.60 Å². The maximum absolute atomic E-state index is 6.60. The highest BCUT2D eigenvalue weighted by Gasteiger charge is 2.47. The molecule has 1 saturated carbocycles. The largest absolute Gasteiger partial charge is 0.490 e. The normalized spacial score (nSPS) is 17.2. The van der Waals surface area contributed by atoms with Crippen LogP contribution in [0.2, 0.25) is 0 Å². The van der Waals surface area contributed by atoms with Gasteiger partial charge in [0, 0.05) is 5.56 Å². The number of fused-ring (bicyclic) bond motifs is 4. The second-order valence-corrected chi connectivity index (χ2v) is 7.20. The van der Waals surface area contributed by atoms with E-state index in [4.69, 9.17) is 19.9 Å². The van der Waals surface area contributed by atoms with Gasteiger partial charge >= 0.3 is 0 Å². The molecule has 1 aromatic heterocycles. The van der Waals surface area contributed by atoms with Gasteiger partial charge in [-0.3, -0.25) is 0 Å². The van der Waals surface area contributed by atoms with Crippen LogP contribution in [0.3, 0.4) is 0 Å². The Bertz CT molecular complexity index is 766. The summed E-state index contributed by atoms with van der Waals surface area (Å²) in [6.07, 6.45) is 4.29. The first-order valence-corrected chi connectivity index (χ1v) is 9.39. The van der Waals surface area contributed by atoms with E-state index in [1.165, 1.54) is 0 Å². The molecule has 1 aliphatic carbocycles. The van der Waals surface area contributed by atoms with Gasteiger partial charge in [-0.1, -0.05) is 11.3 Å². The number of thiazole rings is 1. The summed E-state index contributed by atoms with van der Waals surface area (Å²) in [5, 5.41) is 0.592. The second-order valence-electron chi connectivity index (χ2n) is 6.17. The zero-order valence-corrected chi connectivity index (χ0v) is 14.9. The number of benzene rings is 1. The lowest BCUT2D eigenvalue weighted by Crippen LogP contribution is -2.32. The SMILES string of the molecule is CCOc1ccc2c(c1OCC)OC1(CCCC1)c1sc(N)nc1-2. The topological polar surface area (TPSA) is 66.6 Å². The highest BCUT2D eigenvalue weighted by atomic mass is 32.1. The van der Waals surface area contributed by atoms with Crippen LogP contribution in [0.4, 0.5) is 5.13 Å². The summed E-state index contributed by atoms with van der Waals surface area (Å²) in [6.45, 7) is 5.07. The fraction of sp³-hybridized carbons (Fsp3) is 0.500. The van der Waals surface area contributed by atoms with Crippen LogP contribution in [0.25, 0.3) is 11.3 Å². The summed E-state index contributed by atoms with van der Waals surface area (Å²) in [4.78, 5) is 5.77. The second kappa shape index (κ2) is 5.84. The Hall–Kier alpha value is -1.95. The van der Waals surface area contributed by atoms with E-state index >= 15 is 0 Å². The quantitative estimate of drug-likeness (QED) is 0.891. The number of hydrogen-bond donors (Lipinski definition) is 1. The minimum absolute atomic E-state index is 0.311. The van der Waals surface area contributed by atoms with Crippen LogP contribution in [0.5, 0.6) is 17.2 Å². The first kappa shape index (κ1) is 15.6. The fourth-order valence-corrected chi connectivity index (χ4v) is 4.76. The van der Waals surface area contributed by atoms with Crippen molar-refractivity contribution in [2.45, 2.75) is 45.1 Å². The molecule has 0 bridgehead atoms. The third-order valence-electron chi connectivity index (χ3n) is 4.69. The van der Waals surface area contributed by atoms with Gasteiger partial charge in [-0.25, -0.2) is 4.98 Å². The Morgan fingerprint density at radius 1 is 1.21 bits per heavy atom. The number of anilines is 1. The van der Waals surface area contributed by atoms with E-state index < -0.39 is 0 Å². The summed E-state index contributed by atoms with van der Waals surface area (Å²) in [7, 11) is 0. The fourth-order valence-electron chi connectivity index (χ4n) is 3.73. The van der Waals surface area contributed by atoms with Gasteiger partial charge in [0.1, 0.15) is 5.60 Å². The summed E-state index contributed by atoms with van der Waals surface area (Å²) in [5.41, 5.74) is 7.62. The smallest absolute Gasteiger partial charge is 0.204 e. The average molecular weight is 346 g/mol. The van der Waals surface area contributed by atoms with Crippen LogP contribution < -0.4 is 19.9 Å². The standard InChI is InChI=1S/C18H22N2O3S/c1-3-21-12-8-7-11-13-16(24-17(19)20-13)18(9-5-6-10-18)23-14(11)15(12)22-4-2/h7-8H,3-6,9-10H2,1-2H3,(H2,19,20). The molecule has 0 atom stereocenters. The first-order chi connectivity index (χ1) is 11.7. The van der Waals surface area contributed by atoms with Crippen LogP contribution in [0.15, 0.2) is 12.1 Å². The average Bonchev–Trinajstić information content (AvgIpc) is 3.18. The van der Waals surface area contributed by atoms with Gasteiger partial charge in [-0.15, -0.1) is 0 Å². The molecule has 0 amide bonds. The van der Waals surface area contributed by atoms with Crippen molar-refractivity contribution in [3.05, 3.63) is 17.0 Å². The maximum Gasteiger partial charge on any atom is 0.204 e. The molecule has 0 saturated heterocycles. The van der Waals surface area contributed by atoms with E-state index in [1.54, 1.807) is 11.3 Å². The van der Waals surface area contributed by atoms with Crippen molar-refractivity contribution in [3.63, 3.8) is 0 Å². The summed E-state index contributed by atoms with van der Waals surface area (Å²) < 4.78 is 18.3. The summed E-state index contributed by atoms with van der Waals surface area (Å²) in [5.74, 6) is 2.15. The van der Waals surface area contributed by atoms with Crippen LogP contribution in [-0.4, -0.2) is 18.2 Å². The molecule has 2 N–H and O–H groups in total. The molecule has 1 aromatic carbocycles. The monoisotopic (exact) mass is 346 g/mol. The van der Waals surface area contributed by atoms with Gasteiger partial charge in [0.2, 0.25) is 5.75 Å². The van der Waals surface area contributed by atoms with Crippen LogP contribution in [0.1, 0.15) is 44.4 Å². The molecule has 2 aliphatic rings. The number of nitrogen functional groups attached to an aromatic ring is 1. The molecule has 4 rings (SSSR count). The lowest BCUT2D eigenvalue weighted by molar-refractivity contribution is 0.0694. The van der Waals surface area contributed by atoms with Crippen molar-refractivity contribution < 1.29 is 14.2 Å². The summed E-state index contributed by atoms with van der Waals surface area (Å²) in [6, 6.07) is 3.94. The number of nitrogens with two attached hydrogens (primary N) is 1. The Balaban J connectivity index is 1.93. The van der Waals surface area contributed by atoms with Crippen molar-refractivity contribution in [2.75, 3.05) is 18.9 Å². The van der Waals surface area contributed by atoms with Gasteiger partial charge in [0.25, 0.3) is 0 Å². The minimum atomic E-state index is -0.311. The van der Waals surface area contributed by atoms with Gasteiger partial charge in [-0.05, 0) is 51.7 Å². The molecule has 0 radical (unpaired) electrons. The van der Waals surface area contributed by atoms with Gasteiger partial charge in [0.15, 0.2) is 16.6 Å². The van der Waals surface area contributed by atoms with E-state index in [2.05, 4.69) is 4.98 Å². The number of rotatable bonds is 4. The molecule has 24 heavy (non-hydrogen) atoms. The molecule has 1 spiro atoms. The van der Waals surface area contributed by atoms with E-state index in [0.29, 0.717) is 24.1 Å². The van der Waals surface area contributed by atoms with Crippen molar-refractivity contribution in [1.29, 1.82) is 0 Å². The zero-order chi connectivity index (χ0) is 16.7. The molecule has 1 aliphatic heterocycles. The number of nitrogens with zero attached hydrogens (tertiary/aromatic N) is 1. The van der Waals surface area contributed by atoms with Crippen molar-refractivity contribution >= 4 is 16.5 Å². The molecule has 1 fully saturated rings. The Morgan fingerprint density at radius 2 is 1.96 bits per heavy atom. The third kappa shape index (κ3) is 2.24. The molecular formula is C18H22N2O3S. The van der Waals surface area contributed by atoms with Crippen molar-refractivity contribution in [2.24, 2.45) is 0 Å². The summed E-state index contributed by atoms with van der Waals surface area (Å²) >= 11 is 1.55. The molecule has 2 aromatic rings. The van der Waals surface area contributed by atoms with Crippen LogP contribution in [-0.2, 0) is 5.60 Å². The maximum atomic E-state index is 6.60. The van der Waals surface area contributed by atoms with Crippen LogP contribution in [0, 0.1) is 0 Å². The van der Waals surface area contributed by atoms with Gasteiger partial charge in [0.05, 0.1) is 23.8 Å². The minimum Gasteiger partial charge on any atom is -0.490 e. The van der Waals surface area contributed by atoms with E-state index in [0.717, 1.165) is 53.3 Å². The third-order valence-corrected chi connectivity index (χ3v) is 5.76. The zero-order valence-electron chi connectivity index (χ0n) is 14.1. The molecule has 5 nitrogen and oxygen atoms in total. The molecule has 2 heterocycles. The number of ether oxygens (including phenoxy) is 3. The predicted octanol–water partition coefficient (Wildman–Crippen LogP) is 4.35. The highest BCUT2D eigenvalue weighted by molar-refractivity contribution is 7.16. The van der Waals surface area contributed by atoms with Gasteiger partial charge < -0.3 is 19.9 Å². The van der Waals surface area contributed by atoms with Gasteiger partial charge in [-0.2, -0.15) is 0 Å². The molecule has 128 valence electrons. The number of hydrogen-bond acceptors (Lipinski definition) is 6. The lowest BCUT2D eigenvalue weighted by atomic mass is 9.92. The van der Waals surface area contributed by atoms with E-state index in [9.17, 15) is 0 Å². The Morgan fingerprint density at radius 3 is 2.67 bits per heavy atom. The highest BCUT2D eigenvalue weighted by Crippen LogP contribution is 2.58. The predicted molar refractivity (Wildman–Crippen MR) is 95.1 cm³/mol. The van der Waals surface area contributed by atoms with Crippen LogP contribution >= 0.6 is 11.3 Å². The first-order valence-electron chi connectivity index (χ1n) is 8.57. The van der Waals surface area contributed by atoms with E-state index in [1.807, 2.05) is 26.0 Å².